The third-order valence-corrected chi connectivity index (χ3v) is 4.43. The number of aromatic nitrogens is 2. The van der Waals surface area contributed by atoms with Crippen LogP contribution in [0.3, 0.4) is 0 Å². The third-order valence-electron chi connectivity index (χ3n) is 4.43. The molecular weight excluding hydrogens is 376 g/mol. The van der Waals surface area contributed by atoms with Crippen LogP contribution in [0.1, 0.15) is 5.56 Å². The number of hydrogen-bond acceptors (Lipinski definition) is 4. The Morgan fingerprint density at radius 1 is 1.00 bits per heavy atom. The summed E-state index contributed by atoms with van der Waals surface area (Å²) in [6, 6.07) is 25.3. The van der Waals surface area contributed by atoms with Crippen LogP contribution in [-0.2, 0) is 4.79 Å². The number of nitrogens with one attached hydrogen (secondary N) is 1. The van der Waals surface area contributed by atoms with E-state index in [1.807, 2.05) is 89.6 Å². The standard InChI is InChI=1S/C24H20N4O2/c29-24(17-30-23-9-5-4-8-22(23)20-6-2-1-3-7-20)27-26-16-19-10-12-21(13-11-19)28-15-14-25-18-28/h1-16,18H,17H2,(H,27,29)/b26-16+. The number of hydrogen-bond donors (Lipinski definition) is 1. The highest BCUT2D eigenvalue weighted by molar-refractivity contribution is 5.83. The van der Waals surface area contributed by atoms with Gasteiger partial charge in [-0.15, -0.1) is 0 Å². The van der Waals surface area contributed by atoms with Crippen molar-refractivity contribution >= 4 is 12.1 Å². The number of benzene rings is 3. The highest BCUT2D eigenvalue weighted by Gasteiger charge is 2.07. The topological polar surface area (TPSA) is 68.5 Å². The lowest BCUT2D eigenvalue weighted by Crippen LogP contribution is -2.24. The van der Waals surface area contributed by atoms with E-state index in [-0.39, 0.29) is 12.5 Å². The predicted octanol–water partition coefficient (Wildman–Crippen LogP) is 4.07. The summed E-state index contributed by atoms with van der Waals surface area (Å²) in [6.07, 6.45) is 6.93. The number of para-hydroxylation sites is 1. The van der Waals surface area contributed by atoms with Crippen LogP contribution in [0.5, 0.6) is 5.75 Å². The number of nitrogens with zero attached hydrogens (tertiary/aromatic N) is 3. The number of rotatable bonds is 7. The quantitative estimate of drug-likeness (QED) is 0.378. The Morgan fingerprint density at radius 2 is 1.77 bits per heavy atom. The van der Waals surface area contributed by atoms with Crippen molar-refractivity contribution in [3.05, 3.63) is 103 Å². The molecule has 0 atom stereocenters. The summed E-state index contributed by atoms with van der Waals surface area (Å²) >= 11 is 0. The molecule has 4 aromatic rings. The maximum atomic E-state index is 12.1. The maximum absolute atomic E-state index is 12.1. The molecule has 0 bridgehead atoms. The van der Waals surface area contributed by atoms with Gasteiger partial charge in [-0.25, -0.2) is 10.4 Å². The van der Waals surface area contributed by atoms with Crippen molar-refractivity contribution in [3.8, 4) is 22.6 Å². The summed E-state index contributed by atoms with van der Waals surface area (Å²) in [6.45, 7) is -0.124. The van der Waals surface area contributed by atoms with Crippen molar-refractivity contribution in [3.63, 3.8) is 0 Å². The van der Waals surface area contributed by atoms with Gasteiger partial charge in [-0.1, -0.05) is 60.7 Å². The van der Waals surface area contributed by atoms with Crippen molar-refractivity contribution in [1.29, 1.82) is 0 Å². The average Bonchev–Trinajstić information content (AvgIpc) is 3.34. The molecule has 4 rings (SSSR count). The molecular formula is C24H20N4O2. The number of amides is 1. The molecule has 6 heteroatoms. The van der Waals surface area contributed by atoms with Crippen molar-refractivity contribution in [2.45, 2.75) is 0 Å². The second kappa shape index (κ2) is 9.34. The van der Waals surface area contributed by atoms with Gasteiger partial charge in [-0.05, 0) is 29.3 Å². The molecule has 6 nitrogen and oxygen atoms in total. The van der Waals surface area contributed by atoms with Gasteiger partial charge < -0.3 is 9.30 Å². The lowest BCUT2D eigenvalue weighted by molar-refractivity contribution is -0.123. The van der Waals surface area contributed by atoms with Gasteiger partial charge in [-0.2, -0.15) is 5.10 Å². The van der Waals surface area contributed by atoms with E-state index in [0.29, 0.717) is 5.75 Å². The van der Waals surface area contributed by atoms with Crippen molar-refractivity contribution < 1.29 is 9.53 Å². The Bertz CT molecular complexity index is 1120. The zero-order valence-corrected chi connectivity index (χ0v) is 16.2. The lowest BCUT2D eigenvalue weighted by Gasteiger charge is -2.10. The van der Waals surface area contributed by atoms with Crippen LogP contribution in [0.4, 0.5) is 0 Å². The zero-order valence-electron chi connectivity index (χ0n) is 16.2. The SMILES string of the molecule is O=C(COc1ccccc1-c1ccccc1)N/N=C/c1ccc(-n2ccnc2)cc1. The van der Waals surface area contributed by atoms with Crippen LogP contribution in [0, 0.1) is 0 Å². The summed E-state index contributed by atoms with van der Waals surface area (Å²) in [4.78, 5) is 16.1. The van der Waals surface area contributed by atoms with Crippen LogP contribution in [0.25, 0.3) is 16.8 Å². The van der Waals surface area contributed by atoms with Crippen molar-refractivity contribution in [2.24, 2.45) is 5.10 Å². The van der Waals surface area contributed by atoms with Crippen LogP contribution in [0.15, 0.2) is 103 Å². The minimum atomic E-state index is -0.329. The second-order valence-electron chi connectivity index (χ2n) is 6.51. The monoisotopic (exact) mass is 396 g/mol. The first-order valence-electron chi connectivity index (χ1n) is 9.47. The summed E-state index contributed by atoms with van der Waals surface area (Å²) in [5, 5.41) is 4.00. The molecule has 0 spiro atoms. The second-order valence-corrected chi connectivity index (χ2v) is 6.51. The molecule has 0 aliphatic heterocycles. The van der Waals surface area contributed by atoms with Gasteiger partial charge in [0, 0.05) is 23.6 Å². The molecule has 1 amide bonds. The highest BCUT2D eigenvalue weighted by Crippen LogP contribution is 2.29. The van der Waals surface area contributed by atoms with Gasteiger partial charge in [-0.3, -0.25) is 4.79 Å². The molecule has 0 aliphatic carbocycles. The van der Waals surface area contributed by atoms with Crippen LogP contribution < -0.4 is 10.2 Å². The first-order valence-corrected chi connectivity index (χ1v) is 9.47. The van der Waals surface area contributed by atoms with Gasteiger partial charge >= 0.3 is 0 Å². The number of carbonyl (C=O) groups excluding carboxylic acids is 1. The number of imidazole rings is 1. The Hall–Kier alpha value is -4.19. The Kier molecular flexibility index (Phi) is 5.96. The van der Waals surface area contributed by atoms with E-state index in [4.69, 9.17) is 4.74 Å². The summed E-state index contributed by atoms with van der Waals surface area (Å²) in [7, 11) is 0. The van der Waals surface area contributed by atoms with Gasteiger partial charge in [0.15, 0.2) is 6.61 Å². The first-order chi connectivity index (χ1) is 14.8. The number of carbonyl (C=O) groups is 1. The molecule has 0 saturated carbocycles. The fraction of sp³-hybridized carbons (Fsp3) is 0.0417. The Morgan fingerprint density at radius 3 is 2.53 bits per heavy atom. The van der Waals surface area contributed by atoms with E-state index < -0.39 is 0 Å². The molecule has 148 valence electrons. The Labute approximate surface area is 174 Å². The van der Waals surface area contributed by atoms with Gasteiger partial charge in [0.1, 0.15) is 5.75 Å². The van der Waals surface area contributed by atoms with Crippen LogP contribution >= 0.6 is 0 Å². The van der Waals surface area contributed by atoms with Crippen molar-refractivity contribution in [2.75, 3.05) is 6.61 Å². The van der Waals surface area contributed by atoms with E-state index in [9.17, 15) is 4.79 Å². The van der Waals surface area contributed by atoms with Crippen LogP contribution in [-0.4, -0.2) is 28.3 Å². The normalized spacial score (nSPS) is 10.8. The highest BCUT2D eigenvalue weighted by atomic mass is 16.5. The molecule has 1 aromatic heterocycles. The first kappa shape index (κ1) is 19.1. The average molecular weight is 396 g/mol. The molecule has 3 aromatic carbocycles. The minimum absolute atomic E-state index is 0.124. The number of ether oxygens (including phenoxy) is 1. The maximum Gasteiger partial charge on any atom is 0.277 e. The fourth-order valence-corrected chi connectivity index (χ4v) is 2.95. The predicted molar refractivity (Wildman–Crippen MR) is 117 cm³/mol. The van der Waals surface area contributed by atoms with Gasteiger partial charge in [0.05, 0.1) is 12.5 Å². The lowest BCUT2D eigenvalue weighted by atomic mass is 10.1. The van der Waals surface area contributed by atoms with E-state index in [2.05, 4.69) is 15.5 Å². The smallest absolute Gasteiger partial charge is 0.277 e. The van der Waals surface area contributed by atoms with Gasteiger partial charge in [0.25, 0.3) is 5.91 Å². The van der Waals surface area contributed by atoms with Gasteiger partial charge in [0.2, 0.25) is 0 Å². The molecule has 0 radical (unpaired) electrons. The van der Waals surface area contributed by atoms with E-state index in [0.717, 1.165) is 22.4 Å². The molecule has 0 aliphatic rings. The Balaban J connectivity index is 1.32. The molecule has 30 heavy (non-hydrogen) atoms. The molecule has 0 fully saturated rings. The largest absolute Gasteiger partial charge is 0.483 e. The summed E-state index contributed by atoms with van der Waals surface area (Å²) in [5.41, 5.74) is 6.33. The minimum Gasteiger partial charge on any atom is -0.483 e. The summed E-state index contributed by atoms with van der Waals surface area (Å²) < 4.78 is 7.63. The van der Waals surface area contributed by atoms with Crippen molar-refractivity contribution in [1.82, 2.24) is 15.0 Å². The molecule has 1 N–H and O–H groups in total. The molecule has 0 saturated heterocycles. The molecule has 0 unspecified atom stereocenters. The van der Waals surface area contributed by atoms with Crippen LogP contribution in [0.2, 0.25) is 0 Å². The fourth-order valence-electron chi connectivity index (χ4n) is 2.95. The number of hydrazone groups is 1. The third kappa shape index (κ3) is 4.80. The van der Waals surface area contributed by atoms with E-state index >= 15 is 0 Å². The van der Waals surface area contributed by atoms with E-state index in [1.54, 1.807) is 18.7 Å². The van der Waals surface area contributed by atoms with E-state index in [1.165, 1.54) is 0 Å². The zero-order chi connectivity index (χ0) is 20.6. The molecule has 1 heterocycles. The summed E-state index contributed by atoms with van der Waals surface area (Å²) in [5.74, 6) is 0.321.